The van der Waals surface area contributed by atoms with E-state index in [1.807, 2.05) is 0 Å². The molecule has 0 aliphatic heterocycles. The molecule has 0 rings (SSSR count). The van der Waals surface area contributed by atoms with Crippen LogP contribution in [-0.2, 0) is 4.79 Å². The fraction of sp³-hybridized carbons (Fsp3) is 0.700. The predicted octanol–water partition coefficient (Wildman–Crippen LogP) is -0.514. The van der Waals surface area contributed by atoms with E-state index in [1.165, 1.54) is 0 Å². The molecule has 0 radical (unpaired) electrons. The van der Waals surface area contributed by atoms with Gasteiger partial charge in [-0.15, -0.1) is 6.42 Å². The van der Waals surface area contributed by atoms with Crippen molar-refractivity contribution in [3.8, 4) is 12.3 Å². The Morgan fingerprint density at radius 1 is 1.64 bits per heavy atom. The maximum atomic E-state index is 11.1. The molecule has 0 saturated carbocycles. The Labute approximate surface area is 85.1 Å². The number of hydrogen-bond acceptors (Lipinski definition) is 3. The molecular formula is C10H18N2O2. The molecule has 14 heavy (non-hydrogen) atoms. The van der Waals surface area contributed by atoms with Gasteiger partial charge in [0.1, 0.15) is 0 Å². The first-order valence-corrected chi connectivity index (χ1v) is 4.75. The number of amides is 1. The molecule has 1 amide bonds. The number of aliphatic hydroxyl groups is 1. The van der Waals surface area contributed by atoms with E-state index in [1.54, 1.807) is 6.92 Å². The summed E-state index contributed by atoms with van der Waals surface area (Å²) in [6.45, 7) is 2.98. The molecule has 4 nitrogen and oxygen atoms in total. The van der Waals surface area contributed by atoms with Crippen LogP contribution in [0.25, 0.3) is 0 Å². The van der Waals surface area contributed by atoms with E-state index in [-0.39, 0.29) is 18.6 Å². The van der Waals surface area contributed by atoms with Crippen LogP contribution in [0.5, 0.6) is 0 Å². The number of terminal acetylenes is 1. The van der Waals surface area contributed by atoms with E-state index in [9.17, 15) is 4.79 Å². The summed E-state index contributed by atoms with van der Waals surface area (Å²) in [6.07, 6.45) is 6.19. The lowest BCUT2D eigenvalue weighted by molar-refractivity contribution is -0.120. The third kappa shape index (κ3) is 9.04. The van der Waals surface area contributed by atoms with Crippen LogP contribution < -0.4 is 10.6 Å². The van der Waals surface area contributed by atoms with Gasteiger partial charge in [0.25, 0.3) is 0 Å². The van der Waals surface area contributed by atoms with Gasteiger partial charge >= 0.3 is 0 Å². The van der Waals surface area contributed by atoms with Crippen LogP contribution >= 0.6 is 0 Å². The second-order valence-corrected chi connectivity index (χ2v) is 3.15. The van der Waals surface area contributed by atoms with E-state index >= 15 is 0 Å². The first-order chi connectivity index (χ1) is 6.66. The summed E-state index contributed by atoms with van der Waals surface area (Å²) >= 11 is 0. The second kappa shape index (κ2) is 8.54. The first kappa shape index (κ1) is 12.9. The summed E-state index contributed by atoms with van der Waals surface area (Å²) in [5.74, 6) is 2.32. The van der Waals surface area contributed by atoms with Gasteiger partial charge in [-0.25, -0.2) is 0 Å². The number of carbonyl (C=O) groups is 1. The van der Waals surface area contributed by atoms with E-state index < -0.39 is 0 Å². The fourth-order valence-corrected chi connectivity index (χ4v) is 0.936. The predicted molar refractivity (Wildman–Crippen MR) is 55.6 cm³/mol. The average Bonchev–Trinajstić information content (AvgIpc) is 2.13. The molecule has 4 heteroatoms. The lowest BCUT2D eigenvalue weighted by Gasteiger charge is -2.06. The third-order valence-electron chi connectivity index (χ3n) is 1.63. The highest BCUT2D eigenvalue weighted by molar-refractivity contribution is 5.77. The monoisotopic (exact) mass is 198 g/mol. The highest BCUT2D eigenvalue weighted by atomic mass is 16.3. The molecule has 1 unspecified atom stereocenters. The number of nitrogens with one attached hydrogen (secondary N) is 2. The van der Waals surface area contributed by atoms with E-state index in [0.29, 0.717) is 19.5 Å². The molecule has 0 aliphatic rings. The van der Waals surface area contributed by atoms with Crippen molar-refractivity contribution in [1.29, 1.82) is 0 Å². The molecule has 0 aliphatic carbocycles. The van der Waals surface area contributed by atoms with Gasteiger partial charge in [-0.05, 0) is 19.8 Å². The molecule has 0 bridgehead atoms. The van der Waals surface area contributed by atoms with Crippen molar-refractivity contribution in [2.24, 2.45) is 0 Å². The average molecular weight is 198 g/mol. The fourth-order valence-electron chi connectivity index (χ4n) is 0.936. The molecule has 0 aromatic carbocycles. The highest BCUT2D eigenvalue weighted by Crippen LogP contribution is 1.92. The van der Waals surface area contributed by atoms with Crippen molar-refractivity contribution in [2.75, 3.05) is 19.6 Å². The zero-order valence-corrected chi connectivity index (χ0v) is 8.55. The molecule has 0 aromatic heterocycles. The number of carbonyl (C=O) groups excluding carboxylic acids is 1. The van der Waals surface area contributed by atoms with Crippen LogP contribution in [0.4, 0.5) is 0 Å². The Morgan fingerprint density at radius 2 is 2.36 bits per heavy atom. The summed E-state index contributed by atoms with van der Waals surface area (Å²) in [5, 5.41) is 14.4. The topological polar surface area (TPSA) is 61.4 Å². The van der Waals surface area contributed by atoms with Crippen LogP contribution in [-0.4, -0.2) is 36.8 Å². The number of hydrogen-bond donors (Lipinski definition) is 3. The van der Waals surface area contributed by atoms with Gasteiger partial charge in [-0.3, -0.25) is 10.1 Å². The zero-order chi connectivity index (χ0) is 10.8. The molecular weight excluding hydrogens is 180 g/mol. The van der Waals surface area contributed by atoms with Gasteiger partial charge < -0.3 is 10.4 Å². The van der Waals surface area contributed by atoms with Crippen LogP contribution in [0.15, 0.2) is 0 Å². The summed E-state index contributed by atoms with van der Waals surface area (Å²) < 4.78 is 0. The Hall–Kier alpha value is -1.05. The summed E-state index contributed by atoms with van der Waals surface area (Å²) in [6, 6.07) is 0. The Bertz CT molecular complexity index is 197. The maximum absolute atomic E-state index is 11.1. The maximum Gasteiger partial charge on any atom is 0.233 e. The molecule has 0 spiro atoms. The van der Waals surface area contributed by atoms with Gasteiger partial charge in [0.15, 0.2) is 0 Å². The molecule has 0 fully saturated rings. The van der Waals surface area contributed by atoms with Crippen molar-refractivity contribution in [3.05, 3.63) is 0 Å². The van der Waals surface area contributed by atoms with Crippen molar-refractivity contribution in [3.63, 3.8) is 0 Å². The minimum atomic E-state index is -0.300. The highest BCUT2D eigenvalue weighted by Gasteiger charge is 1.99. The van der Waals surface area contributed by atoms with Crippen LogP contribution in [0.1, 0.15) is 19.8 Å². The molecule has 0 heterocycles. The van der Waals surface area contributed by atoms with E-state index in [0.717, 1.165) is 6.42 Å². The van der Waals surface area contributed by atoms with Gasteiger partial charge in [0.05, 0.1) is 19.2 Å². The van der Waals surface area contributed by atoms with Gasteiger partial charge in [0, 0.05) is 6.54 Å². The smallest absolute Gasteiger partial charge is 0.233 e. The standard InChI is InChI=1S/C10H18N2O2/c1-3-6-11-8-10(14)12-7-4-5-9(2)13/h1,9,11,13H,4-8H2,2H3,(H,12,14). The van der Waals surface area contributed by atoms with Gasteiger partial charge in [-0.2, -0.15) is 0 Å². The summed E-state index contributed by atoms with van der Waals surface area (Å²) in [7, 11) is 0. The van der Waals surface area contributed by atoms with Crippen molar-refractivity contribution in [2.45, 2.75) is 25.9 Å². The number of rotatable bonds is 7. The Morgan fingerprint density at radius 3 is 2.93 bits per heavy atom. The SMILES string of the molecule is C#CCNCC(=O)NCCCC(C)O. The third-order valence-corrected chi connectivity index (χ3v) is 1.63. The lowest BCUT2D eigenvalue weighted by atomic mass is 10.2. The quantitative estimate of drug-likeness (QED) is 0.381. The summed E-state index contributed by atoms with van der Waals surface area (Å²) in [4.78, 5) is 11.1. The second-order valence-electron chi connectivity index (χ2n) is 3.15. The number of aliphatic hydroxyl groups excluding tert-OH is 1. The van der Waals surface area contributed by atoms with Gasteiger partial charge in [-0.1, -0.05) is 5.92 Å². The lowest BCUT2D eigenvalue weighted by Crippen LogP contribution is -2.34. The zero-order valence-electron chi connectivity index (χ0n) is 8.55. The van der Waals surface area contributed by atoms with Crippen molar-refractivity contribution in [1.82, 2.24) is 10.6 Å². The minimum absolute atomic E-state index is 0.0640. The van der Waals surface area contributed by atoms with Crippen LogP contribution in [0.3, 0.4) is 0 Å². The minimum Gasteiger partial charge on any atom is -0.393 e. The molecule has 0 saturated heterocycles. The molecule has 0 aromatic rings. The largest absolute Gasteiger partial charge is 0.393 e. The molecule has 1 atom stereocenters. The normalized spacial score (nSPS) is 11.8. The molecule has 3 N–H and O–H groups in total. The van der Waals surface area contributed by atoms with Crippen molar-refractivity contribution >= 4 is 5.91 Å². The molecule has 80 valence electrons. The first-order valence-electron chi connectivity index (χ1n) is 4.75. The van der Waals surface area contributed by atoms with E-state index in [4.69, 9.17) is 11.5 Å². The van der Waals surface area contributed by atoms with E-state index in [2.05, 4.69) is 16.6 Å². The van der Waals surface area contributed by atoms with Crippen LogP contribution in [0, 0.1) is 12.3 Å². The van der Waals surface area contributed by atoms with Gasteiger partial charge in [0.2, 0.25) is 5.91 Å². The Balaban J connectivity index is 3.23. The summed E-state index contributed by atoms with van der Waals surface area (Å²) in [5.41, 5.74) is 0. The van der Waals surface area contributed by atoms with Crippen LogP contribution in [0.2, 0.25) is 0 Å². The van der Waals surface area contributed by atoms with Crippen molar-refractivity contribution < 1.29 is 9.90 Å². The Kier molecular flexibility index (Phi) is 7.90.